The van der Waals surface area contributed by atoms with Crippen molar-refractivity contribution in [1.29, 1.82) is 0 Å². The second-order valence-corrected chi connectivity index (χ2v) is 10.0. The number of fused-ring (bicyclic) bond motifs is 2. The summed E-state index contributed by atoms with van der Waals surface area (Å²) >= 11 is 6.14. The molecule has 0 amide bonds. The van der Waals surface area contributed by atoms with E-state index in [1.807, 2.05) is 24.4 Å². The summed E-state index contributed by atoms with van der Waals surface area (Å²) in [5.41, 5.74) is 3.43. The number of anilines is 1. The summed E-state index contributed by atoms with van der Waals surface area (Å²) < 4.78 is 29.1. The Labute approximate surface area is 186 Å². The molecule has 164 valence electrons. The van der Waals surface area contributed by atoms with E-state index in [1.54, 1.807) is 6.33 Å². The standard InChI is InChI=1S/C21H24ClN5O3S/c22-15-3-5-17-14(10-15)2-6-19(17)26-20-18-7-8-27(21(18)25-12-24-20)16-4-1-13(9-16)11-30-31(23,28)29/h3,5,7-8,10,12-13,16,19H,1-2,4,6,9,11H2,(H2,23,28,29)(H,24,25,26)/t13-,16-,19-/m0/s1. The number of aromatic nitrogens is 3. The first-order valence-corrected chi connectivity index (χ1v) is 12.3. The molecule has 0 spiro atoms. The maximum Gasteiger partial charge on any atom is 0.333 e. The lowest BCUT2D eigenvalue weighted by Crippen LogP contribution is -2.19. The van der Waals surface area contributed by atoms with E-state index in [0.29, 0.717) is 0 Å². The Bertz CT molecular complexity index is 1230. The monoisotopic (exact) mass is 461 g/mol. The second-order valence-electron chi connectivity index (χ2n) is 8.37. The molecule has 5 rings (SSSR count). The van der Waals surface area contributed by atoms with Crippen LogP contribution in [-0.2, 0) is 20.9 Å². The van der Waals surface area contributed by atoms with Crippen LogP contribution in [0.1, 0.15) is 48.9 Å². The van der Waals surface area contributed by atoms with Crippen molar-refractivity contribution in [2.24, 2.45) is 11.1 Å². The lowest BCUT2D eigenvalue weighted by atomic mass is 10.1. The Morgan fingerprint density at radius 2 is 2.10 bits per heavy atom. The molecule has 2 aromatic heterocycles. The summed E-state index contributed by atoms with van der Waals surface area (Å²) in [6.45, 7) is 0.126. The third kappa shape index (κ3) is 4.27. The molecule has 1 fully saturated rings. The van der Waals surface area contributed by atoms with Crippen LogP contribution in [0.3, 0.4) is 0 Å². The van der Waals surface area contributed by atoms with E-state index in [9.17, 15) is 8.42 Å². The SMILES string of the molecule is NS(=O)(=O)OC[C@H]1CC[C@H](n2ccc3c(N[C@H]4CCc5cc(Cl)ccc54)ncnc32)C1. The Kier molecular flexibility index (Phi) is 5.37. The molecular weight excluding hydrogens is 438 g/mol. The van der Waals surface area contributed by atoms with Crippen molar-refractivity contribution in [3.05, 3.63) is 52.9 Å². The average molecular weight is 462 g/mol. The molecular formula is C21H24ClN5O3S. The summed E-state index contributed by atoms with van der Waals surface area (Å²) in [5.74, 6) is 0.977. The van der Waals surface area contributed by atoms with Crippen molar-refractivity contribution >= 4 is 38.8 Å². The van der Waals surface area contributed by atoms with Gasteiger partial charge < -0.3 is 9.88 Å². The van der Waals surface area contributed by atoms with Crippen LogP contribution in [0.4, 0.5) is 5.82 Å². The van der Waals surface area contributed by atoms with Gasteiger partial charge in [0.1, 0.15) is 17.8 Å². The van der Waals surface area contributed by atoms with Crippen molar-refractivity contribution in [2.75, 3.05) is 11.9 Å². The number of nitrogens with zero attached hydrogens (tertiary/aromatic N) is 3. The molecule has 0 radical (unpaired) electrons. The van der Waals surface area contributed by atoms with Gasteiger partial charge in [-0.1, -0.05) is 17.7 Å². The number of nitrogens with two attached hydrogens (primary N) is 1. The zero-order valence-electron chi connectivity index (χ0n) is 16.9. The van der Waals surface area contributed by atoms with Crippen LogP contribution in [0, 0.1) is 5.92 Å². The fourth-order valence-electron chi connectivity index (χ4n) is 4.93. The summed E-state index contributed by atoms with van der Waals surface area (Å²) in [4.78, 5) is 9.04. The molecule has 1 aromatic carbocycles. The first-order valence-electron chi connectivity index (χ1n) is 10.4. The van der Waals surface area contributed by atoms with Gasteiger partial charge in [-0.15, -0.1) is 0 Å². The minimum Gasteiger partial charge on any atom is -0.363 e. The van der Waals surface area contributed by atoms with Gasteiger partial charge in [-0.3, -0.25) is 4.18 Å². The van der Waals surface area contributed by atoms with E-state index in [2.05, 4.69) is 25.9 Å². The highest BCUT2D eigenvalue weighted by Gasteiger charge is 2.29. The van der Waals surface area contributed by atoms with Crippen LogP contribution < -0.4 is 10.5 Å². The molecule has 0 saturated heterocycles. The molecule has 3 atom stereocenters. The van der Waals surface area contributed by atoms with Gasteiger partial charge in [0, 0.05) is 17.3 Å². The molecule has 3 N–H and O–H groups in total. The van der Waals surface area contributed by atoms with E-state index in [-0.39, 0.29) is 24.6 Å². The molecule has 0 unspecified atom stereocenters. The first kappa shape index (κ1) is 20.7. The van der Waals surface area contributed by atoms with Crippen LogP contribution in [0.15, 0.2) is 36.8 Å². The predicted octanol–water partition coefficient (Wildman–Crippen LogP) is 3.75. The molecule has 1 saturated carbocycles. The Morgan fingerprint density at radius 1 is 1.23 bits per heavy atom. The highest BCUT2D eigenvalue weighted by atomic mass is 35.5. The third-order valence-corrected chi connectivity index (χ3v) is 7.08. The van der Waals surface area contributed by atoms with Gasteiger partial charge in [0.05, 0.1) is 18.0 Å². The molecule has 0 bridgehead atoms. The van der Waals surface area contributed by atoms with E-state index in [0.717, 1.165) is 54.0 Å². The third-order valence-electron chi connectivity index (χ3n) is 6.38. The molecule has 0 aliphatic heterocycles. The van der Waals surface area contributed by atoms with Gasteiger partial charge in [0.2, 0.25) is 0 Å². The largest absolute Gasteiger partial charge is 0.363 e. The highest BCUT2D eigenvalue weighted by molar-refractivity contribution is 7.84. The summed E-state index contributed by atoms with van der Waals surface area (Å²) in [7, 11) is -3.90. The van der Waals surface area contributed by atoms with Crippen molar-refractivity contribution in [3.8, 4) is 0 Å². The molecule has 2 heterocycles. The van der Waals surface area contributed by atoms with E-state index in [4.69, 9.17) is 20.9 Å². The fraction of sp³-hybridized carbons (Fsp3) is 0.429. The van der Waals surface area contributed by atoms with Crippen LogP contribution in [0.25, 0.3) is 11.0 Å². The van der Waals surface area contributed by atoms with Crippen molar-refractivity contribution in [2.45, 2.75) is 44.2 Å². The van der Waals surface area contributed by atoms with Gasteiger partial charge in [-0.25, -0.2) is 15.1 Å². The van der Waals surface area contributed by atoms with E-state index in [1.165, 1.54) is 11.1 Å². The smallest absolute Gasteiger partial charge is 0.333 e. The maximum absolute atomic E-state index is 11.1. The van der Waals surface area contributed by atoms with Gasteiger partial charge in [-0.05, 0) is 67.3 Å². The quantitative estimate of drug-likeness (QED) is 0.578. The lowest BCUT2D eigenvalue weighted by molar-refractivity contribution is 0.253. The molecule has 2 aliphatic carbocycles. The van der Waals surface area contributed by atoms with Gasteiger partial charge >= 0.3 is 10.3 Å². The molecule has 2 aliphatic rings. The minimum atomic E-state index is -3.90. The van der Waals surface area contributed by atoms with Crippen molar-refractivity contribution in [1.82, 2.24) is 14.5 Å². The Hall–Kier alpha value is -2.20. The number of hydrogen-bond acceptors (Lipinski definition) is 6. The zero-order chi connectivity index (χ0) is 21.6. The van der Waals surface area contributed by atoms with E-state index >= 15 is 0 Å². The number of rotatable bonds is 6. The summed E-state index contributed by atoms with van der Waals surface area (Å²) in [6.07, 6.45) is 8.27. The Balaban J connectivity index is 1.34. The highest BCUT2D eigenvalue weighted by Crippen LogP contribution is 2.39. The molecule has 8 nitrogen and oxygen atoms in total. The predicted molar refractivity (Wildman–Crippen MR) is 119 cm³/mol. The Morgan fingerprint density at radius 3 is 2.94 bits per heavy atom. The topological polar surface area (TPSA) is 112 Å². The van der Waals surface area contributed by atoms with E-state index < -0.39 is 10.3 Å². The van der Waals surface area contributed by atoms with Gasteiger partial charge in [0.25, 0.3) is 0 Å². The lowest BCUT2D eigenvalue weighted by Gasteiger charge is -2.17. The minimum absolute atomic E-state index is 0.126. The van der Waals surface area contributed by atoms with Crippen molar-refractivity contribution < 1.29 is 12.6 Å². The van der Waals surface area contributed by atoms with Crippen LogP contribution >= 0.6 is 11.6 Å². The van der Waals surface area contributed by atoms with Crippen LogP contribution in [0.2, 0.25) is 5.02 Å². The zero-order valence-corrected chi connectivity index (χ0v) is 18.4. The number of aryl methyl sites for hydroxylation is 1. The van der Waals surface area contributed by atoms with Crippen LogP contribution in [-0.4, -0.2) is 29.6 Å². The van der Waals surface area contributed by atoms with Gasteiger partial charge in [-0.2, -0.15) is 8.42 Å². The fourth-order valence-corrected chi connectivity index (χ4v) is 5.50. The normalized spacial score (nSPS) is 23.4. The molecule has 31 heavy (non-hydrogen) atoms. The van der Waals surface area contributed by atoms with Crippen LogP contribution in [0.5, 0.6) is 0 Å². The number of nitrogens with one attached hydrogen (secondary N) is 1. The number of hydrogen-bond donors (Lipinski definition) is 2. The first-order chi connectivity index (χ1) is 14.9. The average Bonchev–Trinajstić information content (AvgIpc) is 3.44. The summed E-state index contributed by atoms with van der Waals surface area (Å²) in [5, 5.41) is 10.3. The second kappa shape index (κ2) is 8.05. The number of halogens is 1. The number of benzene rings is 1. The maximum atomic E-state index is 11.1. The molecule has 10 heteroatoms. The molecule has 3 aromatic rings. The van der Waals surface area contributed by atoms with Gasteiger partial charge in [0.15, 0.2) is 0 Å². The van der Waals surface area contributed by atoms with Crippen molar-refractivity contribution in [3.63, 3.8) is 0 Å². The summed E-state index contributed by atoms with van der Waals surface area (Å²) in [6, 6.07) is 8.55.